The van der Waals surface area contributed by atoms with Gasteiger partial charge in [-0.05, 0) is 24.3 Å². The van der Waals surface area contributed by atoms with Crippen LogP contribution in [0.1, 0.15) is 0 Å². The molecule has 0 fully saturated rings. The minimum Gasteiger partial charge on any atom is -0.450 e. The minimum absolute atomic E-state index is 0.0155. The van der Waals surface area contributed by atoms with Gasteiger partial charge in [0, 0.05) is 17.2 Å². The molecule has 0 aliphatic carbocycles. The van der Waals surface area contributed by atoms with Crippen molar-refractivity contribution in [3.8, 4) is 11.5 Å². The summed E-state index contributed by atoms with van der Waals surface area (Å²) in [6.45, 7) is 0. The van der Waals surface area contributed by atoms with Crippen molar-refractivity contribution in [3.63, 3.8) is 0 Å². The van der Waals surface area contributed by atoms with Crippen LogP contribution in [0.15, 0.2) is 36.4 Å². The van der Waals surface area contributed by atoms with Gasteiger partial charge in [-0.1, -0.05) is 34.8 Å². The third kappa shape index (κ3) is 3.29. The summed E-state index contributed by atoms with van der Waals surface area (Å²) in [6.07, 6.45) is 0. The molecule has 2 aromatic carbocycles. The Balaban J connectivity index is 2.41. The second-order valence-corrected chi connectivity index (χ2v) is 4.80. The zero-order chi connectivity index (χ0) is 14.0. The van der Waals surface area contributed by atoms with Crippen molar-refractivity contribution in [2.75, 3.05) is 0 Å². The van der Waals surface area contributed by atoms with Gasteiger partial charge in [-0.15, -0.1) is 0 Å². The average Bonchev–Trinajstić information content (AvgIpc) is 2.36. The lowest BCUT2D eigenvalue weighted by Crippen LogP contribution is -1.94. The van der Waals surface area contributed by atoms with Crippen molar-refractivity contribution in [2.45, 2.75) is 0 Å². The molecule has 0 amide bonds. The van der Waals surface area contributed by atoms with E-state index in [9.17, 15) is 10.1 Å². The number of benzene rings is 2. The zero-order valence-electron chi connectivity index (χ0n) is 9.27. The molecule has 2 aromatic rings. The standard InChI is InChI=1S/C12H6Cl3NO3/c13-7-1-3-8(4-2-7)19-12-6-10(15)9(14)5-11(12)16(17)18/h1-6H. The molecule has 7 heteroatoms. The lowest BCUT2D eigenvalue weighted by Gasteiger charge is -2.07. The van der Waals surface area contributed by atoms with Crippen LogP contribution < -0.4 is 4.74 Å². The molecule has 4 nitrogen and oxygen atoms in total. The van der Waals surface area contributed by atoms with Gasteiger partial charge in [0.05, 0.1) is 15.0 Å². The van der Waals surface area contributed by atoms with Crippen LogP contribution in [0.4, 0.5) is 5.69 Å². The Morgan fingerprint density at radius 3 is 2.16 bits per heavy atom. The van der Waals surface area contributed by atoms with Gasteiger partial charge in [0.2, 0.25) is 5.75 Å². The van der Waals surface area contributed by atoms with Crippen molar-refractivity contribution in [1.29, 1.82) is 0 Å². The molecule has 2 rings (SSSR count). The van der Waals surface area contributed by atoms with Gasteiger partial charge in [0.15, 0.2) is 0 Å². The highest BCUT2D eigenvalue weighted by atomic mass is 35.5. The van der Waals surface area contributed by atoms with Crippen LogP contribution >= 0.6 is 34.8 Å². The third-order valence-corrected chi connectivity index (χ3v) is 3.21. The Morgan fingerprint density at radius 2 is 1.58 bits per heavy atom. The van der Waals surface area contributed by atoms with Crippen molar-refractivity contribution in [3.05, 3.63) is 61.6 Å². The fourth-order valence-electron chi connectivity index (χ4n) is 1.37. The van der Waals surface area contributed by atoms with Crippen LogP contribution in [-0.2, 0) is 0 Å². The highest BCUT2D eigenvalue weighted by molar-refractivity contribution is 6.42. The molecule has 0 aromatic heterocycles. The Bertz CT molecular complexity index is 629. The number of hydrogen-bond acceptors (Lipinski definition) is 3. The highest BCUT2D eigenvalue weighted by Crippen LogP contribution is 2.38. The van der Waals surface area contributed by atoms with Gasteiger partial charge in [0.1, 0.15) is 5.75 Å². The Hall–Kier alpha value is -1.49. The van der Waals surface area contributed by atoms with Gasteiger partial charge < -0.3 is 4.74 Å². The molecule has 0 bridgehead atoms. The number of hydrogen-bond donors (Lipinski definition) is 0. The molecule has 19 heavy (non-hydrogen) atoms. The van der Waals surface area contributed by atoms with Crippen LogP contribution in [0.2, 0.25) is 15.1 Å². The van der Waals surface area contributed by atoms with Crippen molar-refractivity contribution < 1.29 is 9.66 Å². The van der Waals surface area contributed by atoms with Gasteiger partial charge in [-0.3, -0.25) is 10.1 Å². The van der Waals surface area contributed by atoms with E-state index < -0.39 is 4.92 Å². The average molecular weight is 319 g/mol. The molecular weight excluding hydrogens is 312 g/mol. The molecule has 0 N–H and O–H groups in total. The van der Waals surface area contributed by atoms with E-state index in [-0.39, 0.29) is 21.5 Å². The molecule has 0 spiro atoms. The zero-order valence-corrected chi connectivity index (χ0v) is 11.5. The molecule has 0 atom stereocenters. The summed E-state index contributed by atoms with van der Waals surface area (Å²) < 4.78 is 5.42. The van der Waals surface area contributed by atoms with Crippen molar-refractivity contribution >= 4 is 40.5 Å². The first-order valence-electron chi connectivity index (χ1n) is 5.04. The molecular formula is C12H6Cl3NO3. The van der Waals surface area contributed by atoms with E-state index in [2.05, 4.69) is 0 Å². The molecule has 0 radical (unpaired) electrons. The first-order chi connectivity index (χ1) is 8.97. The molecule has 0 saturated carbocycles. The normalized spacial score (nSPS) is 10.3. The number of nitro groups is 1. The number of nitro benzene ring substituents is 1. The number of nitrogens with zero attached hydrogens (tertiary/aromatic N) is 1. The van der Waals surface area contributed by atoms with Gasteiger partial charge in [-0.2, -0.15) is 0 Å². The maximum Gasteiger partial charge on any atom is 0.313 e. The van der Waals surface area contributed by atoms with Crippen LogP contribution in [0, 0.1) is 10.1 Å². The fraction of sp³-hybridized carbons (Fsp3) is 0. The summed E-state index contributed by atoms with van der Waals surface area (Å²) in [4.78, 5) is 10.3. The first-order valence-corrected chi connectivity index (χ1v) is 6.17. The predicted molar refractivity (Wildman–Crippen MR) is 74.6 cm³/mol. The van der Waals surface area contributed by atoms with Crippen LogP contribution in [0.5, 0.6) is 11.5 Å². The van der Waals surface area contributed by atoms with Crippen LogP contribution in [0.3, 0.4) is 0 Å². The van der Waals surface area contributed by atoms with E-state index in [0.29, 0.717) is 10.8 Å². The Morgan fingerprint density at radius 1 is 1.00 bits per heavy atom. The summed E-state index contributed by atoms with van der Waals surface area (Å²) in [7, 11) is 0. The molecule has 0 aliphatic rings. The van der Waals surface area contributed by atoms with Crippen molar-refractivity contribution in [1.82, 2.24) is 0 Å². The van der Waals surface area contributed by atoms with Crippen molar-refractivity contribution in [2.24, 2.45) is 0 Å². The number of ether oxygens (including phenoxy) is 1. The molecule has 98 valence electrons. The Labute approximate surface area is 123 Å². The monoisotopic (exact) mass is 317 g/mol. The number of halogens is 3. The molecule has 0 unspecified atom stereocenters. The maximum absolute atomic E-state index is 10.9. The minimum atomic E-state index is -0.590. The van der Waals surface area contributed by atoms with Gasteiger partial charge in [-0.25, -0.2) is 0 Å². The fourth-order valence-corrected chi connectivity index (χ4v) is 1.81. The van der Waals surface area contributed by atoms with E-state index in [1.165, 1.54) is 6.07 Å². The van der Waals surface area contributed by atoms with Crippen LogP contribution in [-0.4, -0.2) is 4.92 Å². The highest BCUT2D eigenvalue weighted by Gasteiger charge is 2.19. The third-order valence-electron chi connectivity index (χ3n) is 2.24. The summed E-state index contributed by atoms with van der Waals surface area (Å²) in [5, 5.41) is 11.7. The van der Waals surface area contributed by atoms with Crippen LogP contribution in [0.25, 0.3) is 0 Å². The SMILES string of the molecule is O=[N+]([O-])c1cc(Cl)c(Cl)cc1Oc1ccc(Cl)cc1. The Kier molecular flexibility index (Phi) is 4.14. The second-order valence-electron chi connectivity index (χ2n) is 3.55. The first kappa shape index (κ1) is 13.9. The summed E-state index contributed by atoms with van der Waals surface area (Å²) in [5.41, 5.74) is -0.260. The predicted octanol–water partition coefficient (Wildman–Crippen LogP) is 5.35. The summed E-state index contributed by atoms with van der Waals surface area (Å²) in [6, 6.07) is 8.86. The molecule has 0 aliphatic heterocycles. The van der Waals surface area contributed by atoms with E-state index in [4.69, 9.17) is 39.5 Å². The summed E-state index contributed by atoms with van der Waals surface area (Å²) in [5.74, 6) is 0.424. The lowest BCUT2D eigenvalue weighted by atomic mass is 10.3. The molecule has 0 heterocycles. The quantitative estimate of drug-likeness (QED) is 0.566. The van der Waals surface area contributed by atoms with Gasteiger partial charge in [0.25, 0.3) is 0 Å². The van der Waals surface area contributed by atoms with E-state index in [0.717, 1.165) is 6.07 Å². The lowest BCUT2D eigenvalue weighted by molar-refractivity contribution is -0.385. The maximum atomic E-state index is 10.9. The van der Waals surface area contributed by atoms with E-state index >= 15 is 0 Å². The second kappa shape index (κ2) is 5.65. The van der Waals surface area contributed by atoms with Gasteiger partial charge >= 0.3 is 5.69 Å². The topological polar surface area (TPSA) is 52.4 Å². The smallest absolute Gasteiger partial charge is 0.313 e. The van der Waals surface area contributed by atoms with E-state index in [1.807, 2.05) is 0 Å². The van der Waals surface area contributed by atoms with E-state index in [1.54, 1.807) is 24.3 Å². The number of rotatable bonds is 3. The summed E-state index contributed by atoms with van der Waals surface area (Å²) >= 11 is 17.3. The largest absolute Gasteiger partial charge is 0.450 e. The molecule has 0 saturated heterocycles.